The first-order valence-electron chi connectivity index (χ1n) is 6.52. The number of nitrogens with one attached hydrogen (secondary N) is 1. The van der Waals surface area contributed by atoms with E-state index in [-0.39, 0.29) is 5.54 Å². The zero-order valence-corrected chi connectivity index (χ0v) is 11.7. The van der Waals surface area contributed by atoms with Crippen LogP contribution in [-0.2, 0) is 0 Å². The summed E-state index contributed by atoms with van der Waals surface area (Å²) in [4.78, 5) is 4.95. The van der Waals surface area contributed by atoms with Crippen molar-refractivity contribution >= 4 is 0 Å². The van der Waals surface area contributed by atoms with Gasteiger partial charge in [0, 0.05) is 24.7 Å². The zero-order chi connectivity index (χ0) is 12.2. The second kappa shape index (κ2) is 5.99. The van der Waals surface area contributed by atoms with E-state index in [0.717, 1.165) is 12.6 Å². The van der Waals surface area contributed by atoms with Gasteiger partial charge in [-0.2, -0.15) is 0 Å². The first kappa shape index (κ1) is 13.9. The van der Waals surface area contributed by atoms with E-state index in [1.807, 2.05) is 0 Å². The molecule has 1 heterocycles. The molecule has 1 aliphatic rings. The highest BCUT2D eigenvalue weighted by molar-refractivity contribution is 4.78. The van der Waals surface area contributed by atoms with E-state index in [0.29, 0.717) is 0 Å². The maximum Gasteiger partial charge on any atom is 0.0113 e. The summed E-state index contributed by atoms with van der Waals surface area (Å²) in [6.45, 7) is 11.5. The van der Waals surface area contributed by atoms with E-state index in [9.17, 15) is 0 Å². The first-order valence-corrected chi connectivity index (χ1v) is 6.52. The summed E-state index contributed by atoms with van der Waals surface area (Å²) in [7, 11) is 4.39. The molecular weight excluding hydrogens is 198 g/mol. The quantitative estimate of drug-likeness (QED) is 0.783. The van der Waals surface area contributed by atoms with Crippen LogP contribution in [0.15, 0.2) is 0 Å². The van der Waals surface area contributed by atoms with E-state index in [2.05, 4.69) is 50.0 Å². The number of hydrogen-bond donors (Lipinski definition) is 1. The van der Waals surface area contributed by atoms with Gasteiger partial charge >= 0.3 is 0 Å². The van der Waals surface area contributed by atoms with Crippen LogP contribution in [0.3, 0.4) is 0 Å². The topological polar surface area (TPSA) is 18.5 Å². The molecule has 3 heteroatoms. The third-order valence-electron chi connectivity index (χ3n) is 3.37. The van der Waals surface area contributed by atoms with Crippen LogP contribution in [0.25, 0.3) is 0 Å². The van der Waals surface area contributed by atoms with Gasteiger partial charge in [-0.3, -0.25) is 0 Å². The molecule has 0 aromatic carbocycles. The molecule has 0 atom stereocenters. The molecule has 0 unspecified atom stereocenters. The van der Waals surface area contributed by atoms with E-state index in [1.165, 1.54) is 32.5 Å². The van der Waals surface area contributed by atoms with Crippen LogP contribution in [0.5, 0.6) is 0 Å². The summed E-state index contributed by atoms with van der Waals surface area (Å²) in [5, 5.41) is 3.55. The molecule has 0 aromatic rings. The van der Waals surface area contributed by atoms with Crippen molar-refractivity contribution in [3.8, 4) is 0 Å². The van der Waals surface area contributed by atoms with Crippen molar-refractivity contribution < 1.29 is 0 Å². The average Bonchev–Trinajstić information content (AvgIpc) is 2.16. The molecule has 0 spiro atoms. The Balaban J connectivity index is 2.13. The second-order valence-electron chi connectivity index (χ2n) is 6.21. The van der Waals surface area contributed by atoms with Gasteiger partial charge in [0.05, 0.1) is 0 Å². The van der Waals surface area contributed by atoms with E-state index < -0.39 is 0 Å². The fourth-order valence-corrected chi connectivity index (χ4v) is 2.25. The standard InChI is InChI=1S/C13H29N3/c1-13(2,3)14-8-11-16-9-6-12(7-10-16)15(4)5/h12,14H,6-11H2,1-5H3. The van der Waals surface area contributed by atoms with Crippen molar-refractivity contribution in [3.05, 3.63) is 0 Å². The summed E-state index contributed by atoms with van der Waals surface area (Å²) >= 11 is 0. The lowest BCUT2D eigenvalue weighted by Gasteiger charge is -2.35. The molecule has 0 aliphatic carbocycles. The Hall–Kier alpha value is -0.120. The third kappa shape index (κ3) is 5.28. The van der Waals surface area contributed by atoms with Crippen LogP contribution in [0, 0.1) is 0 Å². The van der Waals surface area contributed by atoms with Gasteiger partial charge in [0.15, 0.2) is 0 Å². The number of hydrogen-bond acceptors (Lipinski definition) is 3. The van der Waals surface area contributed by atoms with Crippen molar-refractivity contribution in [1.29, 1.82) is 0 Å². The van der Waals surface area contributed by atoms with Crippen molar-refractivity contribution in [2.24, 2.45) is 0 Å². The van der Waals surface area contributed by atoms with Crippen LogP contribution < -0.4 is 5.32 Å². The fraction of sp³-hybridized carbons (Fsp3) is 1.00. The molecule has 0 amide bonds. The van der Waals surface area contributed by atoms with Crippen LogP contribution in [0.1, 0.15) is 33.6 Å². The second-order valence-corrected chi connectivity index (χ2v) is 6.21. The summed E-state index contributed by atoms with van der Waals surface area (Å²) in [5.41, 5.74) is 0.252. The van der Waals surface area contributed by atoms with Gasteiger partial charge in [-0.05, 0) is 60.8 Å². The predicted molar refractivity (Wildman–Crippen MR) is 70.9 cm³/mol. The normalized spacial score (nSPS) is 20.6. The highest BCUT2D eigenvalue weighted by Crippen LogP contribution is 2.13. The minimum atomic E-state index is 0.252. The molecule has 96 valence electrons. The molecule has 0 aromatic heterocycles. The largest absolute Gasteiger partial charge is 0.311 e. The number of likely N-dealkylation sites (tertiary alicyclic amines) is 1. The van der Waals surface area contributed by atoms with Crippen LogP contribution in [0.4, 0.5) is 0 Å². The van der Waals surface area contributed by atoms with Gasteiger partial charge in [-0.1, -0.05) is 0 Å². The minimum absolute atomic E-state index is 0.252. The molecule has 0 radical (unpaired) electrons. The molecule has 0 saturated carbocycles. The molecule has 1 rings (SSSR count). The Morgan fingerprint density at radius 1 is 1.19 bits per heavy atom. The number of piperidine rings is 1. The van der Waals surface area contributed by atoms with Gasteiger partial charge in [-0.25, -0.2) is 0 Å². The molecule has 3 nitrogen and oxygen atoms in total. The maximum absolute atomic E-state index is 3.55. The lowest BCUT2D eigenvalue weighted by atomic mass is 10.0. The highest BCUT2D eigenvalue weighted by atomic mass is 15.2. The monoisotopic (exact) mass is 227 g/mol. The number of rotatable bonds is 4. The molecule has 1 aliphatic heterocycles. The predicted octanol–water partition coefficient (Wildman–Crippen LogP) is 1.40. The molecule has 0 bridgehead atoms. The van der Waals surface area contributed by atoms with Crippen molar-refractivity contribution in [2.75, 3.05) is 40.3 Å². The Kier molecular flexibility index (Phi) is 5.22. The summed E-state index contributed by atoms with van der Waals surface area (Å²) in [6.07, 6.45) is 2.64. The fourth-order valence-electron chi connectivity index (χ4n) is 2.25. The van der Waals surface area contributed by atoms with Gasteiger partial charge in [-0.15, -0.1) is 0 Å². The molecule has 1 fully saturated rings. The smallest absolute Gasteiger partial charge is 0.0113 e. The summed E-state index contributed by atoms with van der Waals surface area (Å²) in [5.74, 6) is 0. The summed E-state index contributed by atoms with van der Waals surface area (Å²) < 4.78 is 0. The molecule has 1 N–H and O–H groups in total. The Morgan fingerprint density at radius 2 is 1.75 bits per heavy atom. The Morgan fingerprint density at radius 3 is 2.19 bits per heavy atom. The van der Waals surface area contributed by atoms with E-state index in [1.54, 1.807) is 0 Å². The van der Waals surface area contributed by atoms with Crippen LogP contribution >= 0.6 is 0 Å². The molecular formula is C13H29N3. The van der Waals surface area contributed by atoms with Crippen molar-refractivity contribution in [2.45, 2.75) is 45.2 Å². The number of nitrogens with zero attached hydrogens (tertiary/aromatic N) is 2. The lowest BCUT2D eigenvalue weighted by Crippen LogP contribution is -2.46. The molecule has 16 heavy (non-hydrogen) atoms. The summed E-state index contributed by atoms with van der Waals surface area (Å²) in [6, 6.07) is 0.798. The van der Waals surface area contributed by atoms with Crippen molar-refractivity contribution in [1.82, 2.24) is 15.1 Å². The maximum atomic E-state index is 3.55. The van der Waals surface area contributed by atoms with Crippen LogP contribution in [-0.4, -0.2) is 61.7 Å². The zero-order valence-electron chi connectivity index (χ0n) is 11.7. The van der Waals surface area contributed by atoms with Crippen molar-refractivity contribution in [3.63, 3.8) is 0 Å². The van der Waals surface area contributed by atoms with Crippen LogP contribution in [0.2, 0.25) is 0 Å². The van der Waals surface area contributed by atoms with E-state index >= 15 is 0 Å². The average molecular weight is 227 g/mol. The third-order valence-corrected chi connectivity index (χ3v) is 3.37. The minimum Gasteiger partial charge on any atom is -0.311 e. The highest BCUT2D eigenvalue weighted by Gasteiger charge is 2.20. The van der Waals surface area contributed by atoms with E-state index in [4.69, 9.17) is 0 Å². The molecule has 1 saturated heterocycles. The van der Waals surface area contributed by atoms with Gasteiger partial charge < -0.3 is 15.1 Å². The van der Waals surface area contributed by atoms with Gasteiger partial charge in [0.1, 0.15) is 0 Å². The van der Waals surface area contributed by atoms with Gasteiger partial charge in [0.25, 0.3) is 0 Å². The lowest BCUT2D eigenvalue weighted by molar-refractivity contribution is 0.143. The Labute approximate surface area is 101 Å². The SMILES string of the molecule is CN(C)C1CCN(CCNC(C)(C)C)CC1. The van der Waals surface area contributed by atoms with Gasteiger partial charge in [0.2, 0.25) is 0 Å². The Bertz CT molecular complexity index is 188. The first-order chi connectivity index (χ1) is 7.38.